The number of para-hydroxylation sites is 1. The highest BCUT2D eigenvalue weighted by Crippen LogP contribution is 2.22. The number of benzene rings is 1. The van der Waals surface area contributed by atoms with E-state index < -0.39 is 5.66 Å². The predicted octanol–water partition coefficient (Wildman–Crippen LogP) is 2.54. The zero-order valence-electron chi connectivity index (χ0n) is 13.7. The second kappa shape index (κ2) is 5.90. The van der Waals surface area contributed by atoms with Crippen molar-refractivity contribution in [2.45, 2.75) is 12.6 Å². The van der Waals surface area contributed by atoms with E-state index in [0.717, 1.165) is 16.6 Å². The van der Waals surface area contributed by atoms with E-state index in [1.54, 1.807) is 23.3 Å². The van der Waals surface area contributed by atoms with Crippen LogP contribution in [0, 0.1) is 0 Å². The average molecular weight is 331 g/mol. The lowest BCUT2D eigenvalue weighted by Crippen LogP contribution is -2.39. The lowest BCUT2D eigenvalue weighted by atomic mass is 10.1. The number of fused-ring (bicyclic) bond motifs is 1. The number of rotatable bonds is 3. The molecule has 1 aromatic carbocycles. The van der Waals surface area contributed by atoms with E-state index in [1.165, 1.54) is 0 Å². The first-order valence-corrected chi connectivity index (χ1v) is 7.98. The minimum atomic E-state index is -0.675. The van der Waals surface area contributed by atoms with Gasteiger partial charge < -0.3 is 5.32 Å². The number of aromatic nitrogens is 2. The van der Waals surface area contributed by atoms with Crippen molar-refractivity contribution in [3.05, 3.63) is 78.4 Å². The van der Waals surface area contributed by atoms with Crippen molar-refractivity contribution < 1.29 is 4.79 Å². The molecule has 0 aliphatic carbocycles. The van der Waals surface area contributed by atoms with Crippen LogP contribution >= 0.6 is 0 Å². The highest BCUT2D eigenvalue weighted by molar-refractivity contribution is 6.16. The van der Waals surface area contributed by atoms with E-state index in [9.17, 15) is 4.79 Å². The number of hydrogen-bond acceptors (Lipinski definition) is 4. The van der Waals surface area contributed by atoms with Gasteiger partial charge in [0.2, 0.25) is 0 Å². The number of carbonyl (C=O) groups is 1. The Morgan fingerprint density at radius 1 is 1.16 bits per heavy atom. The van der Waals surface area contributed by atoms with Crippen LogP contribution in [0.1, 0.15) is 12.6 Å². The minimum absolute atomic E-state index is 0.235. The molecule has 0 spiro atoms. The second-order valence-corrected chi connectivity index (χ2v) is 5.97. The minimum Gasteiger partial charge on any atom is -0.362 e. The third-order valence-electron chi connectivity index (χ3n) is 4.22. The highest BCUT2D eigenvalue weighted by atomic mass is 16.2. The van der Waals surface area contributed by atoms with Gasteiger partial charge in [0.05, 0.1) is 16.8 Å². The Balaban J connectivity index is 1.52. The third-order valence-corrected chi connectivity index (χ3v) is 4.22. The molecule has 1 atom stereocenters. The van der Waals surface area contributed by atoms with E-state index >= 15 is 0 Å². The lowest BCUT2D eigenvalue weighted by molar-refractivity contribution is -0.113. The van der Waals surface area contributed by atoms with Gasteiger partial charge in [-0.3, -0.25) is 24.9 Å². The van der Waals surface area contributed by atoms with E-state index in [4.69, 9.17) is 0 Å². The normalized spacial score (nSPS) is 19.3. The second-order valence-electron chi connectivity index (χ2n) is 5.97. The molecule has 1 unspecified atom stereocenters. The molecule has 25 heavy (non-hydrogen) atoms. The summed E-state index contributed by atoms with van der Waals surface area (Å²) in [6.45, 7) is 1.91. The fraction of sp³-hybridized carbons (Fsp3) is 0.105. The molecule has 0 radical (unpaired) electrons. The number of nitrogens with one attached hydrogen (secondary N) is 2. The van der Waals surface area contributed by atoms with Crippen LogP contribution in [0.4, 0.5) is 0 Å². The summed E-state index contributed by atoms with van der Waals surface area (Å²) in [6, 6.07) is 15.5. The van der Waals surface area contributed by atoms with Gasteiger partial charge in [0.15, 0.2) is 5.66 Å². The van der Waals surface area contributed by atoms with Crippen molar-refractivity contribution >= 4 is 23.0 Å². The van der Waals surface area contributed by atoms with Crippen molar-refractivity contribution in [1.82, 2.24) is 15.0 Å². The summed E-state index contributed by atoms with van der Waals surface area (Å²) in [7, 11) is 0. The monoisotopic (exact) mass is 331 g/mol. The van der Waals surface area contributed by atoms with Crippen LogP contribution in [0.25, 0.3) is 10.9 Å². The summed E-state index contributed by atoms with van der Waals surface area (Å²) in [4.78, 5) is 21.3. The van der Waals surface area contributed by atoms with Crippen molar-refractivity contribution in [2.24, 2.45) is 4.99 Å². The van der Waals surface area contributed by atoms with Gasteiger partial charge in [-0.05, 0) is 31.2 Å². The van der Waals surface area contributed by atoms with Gasteiger partial charge in [0.1, 0.15) is 0 Å². The summed E-state index contributed by atoms with van der Waals surface area (Å²) in [5.41, 5.74) is 4.37. The molecule has 2 N–H and O–H groups in total. The molecule has 6 nitrogen and oxygen atoms in total. The molecule has 1 aliphatic rings. The maximum absolute atomic E-state index is 12.5. The molecular weight excluding hydrogens is 314 g/mol. The van der Waals surface area contributed by atoms with Crippen LogP contribution < -0.4 is 10.7 Å². The molecule has 0 saturated carbocycles. The van der Waals surface area contributed by atoms with E-state index in [2.05, 4.69) is 20.7 Å². The van der Waals surface area contributed by atoms with Crippen LogP contribution in [0.15, 0.2) is 77.7 Å². The Morgan fingerprint density at radius 3 is 2.76 bits per heavy atom. The molecule has 3 aromatic rings. The maximum atomic E-state index is 12.5. The first-order valence-electron chi connectivity index (χ1n) is 7.98. The summed E-state index contributed by atoms with van der Waals surface area (Å²) >= 11 is 0. The molecule has 2 aromatic heterocycles. The first kappa shape index (κ1) is 15.1. The lowest BCUT2D eigenvalue weighted by Gasteiger charge is -2.28. The van der Waals surface area contributed by atoms with Gasteiger partial charge in [0, 0.05) is 30.2 Å². The standard InChI is InChI=1S/C19H17N5O/c1-19(17-8-4-5-10-20-17)21-12-15(13-22-19)18(25)23-24-11-9-14-6-2-3-7-16(14)24/h2-13,21H,1H3,(H,23,25). The third kappa shape index (κ3) is 2.78. The van der Waals surface area contributed by atoms with Crippen LogP contribution in [0.5, 0.6) is 0 Å². The number of amides is 1. The summed E-state index contributed by atoms with van der Waals surface area (Å²) in [5, 5.41) is 4.23. The maximum Gasteiger partial charge on any atom is 0.273 e. The highest BCUT2D eigenvalue weighted by Gasteiger charge is 2.28. The van der Waals surface area contributed by atoms with Crippen molar-refractivity contribution in [3.63, 3.8) is 0 Å². The zero-order chi connectivity index (χ0) is 17.3. The molecule has 0 bridgehead atoms. The molecule has 6 heteroatoms. The Kier molecular flexibility index (Phi) is 3.57. The van der Waals surface area contributed by atoms with Crippen molar-refractivity contribution in [3.8, 4) is 0 Å². The van der Waals surface area contributed by atoms with Gasteiger partial charge in [-0.15, -0.1) is 0 Å². The van der Waals surface area contributed by atoms with E-state index in [-0.39, 0.29) is 5.91 Å². The van der Waals surface area contributed by atoms with Gasteiger partial charge in [-0.25, -0.2) is 0 Å². The molecular formula is C19H17N5O. The Bertz CT molecular complexity index is 989. The number of aliphatic imine (C=N–C) groups is 1. The van der Waals surface area contributed by atoms with Gasteiger partial charge >= 0.3 is 0 Å². The number of carbonyl (C=O) groups excluding carboxylic acids is 1. The topological polar surface area (TPSA) is 71.3 Å². The fourth-order valence-electron chi connectivity index (χ4n) is 2.76. The molecule has 3 heterocycles. The van der Waals surface area contributed by atoms with Crippen molar-refractivity contribution in [2.75, 3.05) is 5.43 Å². The Hall–Kier alpha value is -3.41. The molecule has 0 saturated heterocycles. The van der Waals surface area contributed by atoms with Crippen LogP contribution in [0.3, 0.4) is 0 Å². The van der Waals surface area contributed by atoms with Crippen LogP contribution in [-0.2, 0) is 10.5 Å². The molecule has 0 fully saturated rings. The Morgan fingerprint density at radius 2 is 2.00 bits per heavy atom. The zero-order valence-corrected chi connectivity index (χ0v) is 13.7. The number of hydrogen-bond donors (Lipinski definition) is 2. The summed E-state index contributed by atoms with van der Waals surface area (Å²) < 4.78 is 1.71. The number of nitrogens with zero attached hydrogens (tertiary/aromatic N) is 3. The SMILES string of the molecule is CC1(c2ccccn2)N=CC(C(=O)Nn2ccc3ccccc32)=CN1. The Labute approximate surface area is 144 Å². The smallest absolute Gasteiger partial charge is 0.273 e. The van der Waals surface area contributed by atoms with Gasteiger partial charge in [-0.1, -0.05) is 24.3 Å². The fourth-order valence-corrected chi connectivity index (χ4v) is 2.76. The van der Waals surface area contributed by atoms with Gasteiger partial charge in [-0.2, -0.15) is 0 Å². The average Bonchev–Trinajstić information content (AvgIpc) is 3.06. The molecule has 1 amide bonds. The van der Waals surface area contributed by atoms with Crippen LogP contribution in [0.2, 0.25) is 0 Å². The molecule has 1 aliphatic heterocycles. The largest absolute Gasteiger partial charge is 0.362 e. The summed E-state index contributed by atoms with van der Waals surface area (Å²) in [6.07, 6.45) is 6.80. The van der Waals surface area contributed by atoms with E-state index in [0.29, 0.717) is 5.57 Å². The first-order chi connectivity index (χ1) is 12.2. The summed E-state index contributed by atoms with van der Waals surface area (Å²) in [5.74, 6) is -0.235. The van der Waals surface area contributed by atoms with Crippen LogP contribution in [-0.4, -0.2) is 21.8 Å². The molecule has 124 valence electrons. The predicted molar refractivity (Wildman–Crippen MR) is 97.6 cm³/mol. The van der Waals surface area contributed by atoms with E-state index in [1.807, 2.05) is 61.7 Å². The number of pyridine rings is 1. The molecule has 4 rings (SSSR count). The quantitative estimate of drug-likeness (QED) is 0.775. The van der Waals surface area contributed by atoms with Crippen molar-refractivity contribution in [1.29, 1.82) is 0 Å². The van der Waals surface area contributed by atoms with Gasteiger partial charge in [0.25, 0.3) is 5.91 Å².